The summed E-state index contributed by atoms with van der Waals surface area (Å²) in [6.45, 7) is 7.73. The highest BCUT2D eigenvalue weighted by Gasteiger charge is 2.29. The first-order chi connectivity index (χ1) is 11.5. The van der Waals surface area contributed by atoms with Crippen LogP contribution in [0.4, 0.5) is 0 Å². The number of hydrogen-bond acceptors (Lipinski definition) is 4. The van der Waals surface area contributed by atoms with Crippen LogP contribution in [0.25, 0.3) is 5.65 Å². The van der Waals surface area contributed by atoms with Crippen molar-refractivity contribution >= 4 is 17.5 Å². The number of nitrogens with zero attached hydrogens (tertiary/aromatic N) is 4. The number of fused-ring (bicyclic) bond motifs is 1. The summed E-state index contributed by atoms with van der Waals surface area (Å²) < 4.78 is 1.87. The molecule has 1 aliphatic heterocycles. The summed E-state index contributed by atoms with van der Waals surface area (Å²) >= 11 is 0. The Hall–Kier alpha value is -2.44. The molecule has 3 heterocycles. The number of amides is 2. The van der Waals surface area contributed by atoms with Gasteiger partial charge in [0.15, 0.2) is 5.65 Å². The minimum atomic E-state index is -0.0953. The van der Waals surface area contributed by atoms with Gasteiger partial charge in [0.2, 0.25) is 5.91 Å². The summed E-state index contributed by atoms with van der Waals surface area (Å²) in [7, 11) is 0. The van der Waals surface area contributed by atoms with Crippen molar-refractivity contribution < 1.29 is 9.59 Å². The van der Waals surface area contributed by atoms with Crippen LogP contribution in [0.5, 0.6) is 0 Å². The second-order valence-electron chi connectivity index (χ2n) is 6.76. The van der Waals surface area contributed by atoms with E-state index in [9.17, 15) is 9.59 Å². The van der Waals surface area contributed by atoms with Crippen molar-refractivity contribution in [3.05, 3.63) is 29.7 Å². The molecule has 128 valence electrons. The molecule has 1 atom stereocenters. The van der Waals surface area contributed by atoms with Crippen molar-refractivity contribution in [3.63, 3.8) is 0 Å². The number of aromatic nitrogens is 3. The van der Waals surface area contributed by atoms with E-state index in [0.29, 0.717) is 30.2 Å². The molecule has 1 saturated heterocycles. The zero-order chi connectivity index (χ0) is 17.3. The monoisotopic (exact) mass is 329 g/mol. The number of carbonyl (C=O) groups excluding carboxylic acids is 2. The average molecular weight is 329 g/mol. The second-order valence-corrected chi connectivity index (χ2v) is 6.76. The highest BCUT2D eigenvalue weighted by Crippen LogP contribution is 2.26. The molecule has 24 heavy (non-hydrogen) atoms. The van der Waals surface area contributed by atoms with Crippen molar-refractivity contribution in [1.29, 1.82) is 0 Å². The molecule has 0 spiro atoms. The lowest BCUT2D eigenvalue weighted by molar-refractivity contribution is -0.127. The van der Waals surface area contributed by atoms with Crippen molar-refractivity contribution in [3.8, 4) is 0 Å². The Morgan fingerprint density at radius 2 is 2.12 bits per heavy atom. The van der Waals surface area contributed by atoms with E-state index in [1.54, 1.807) is 25.3 Å². The Kier molecular flexibility index (Phi) is 4.51. The van der Waals surface area contributed by atoms with Gasteiger partial charge in [-0.1, -0.05) is 13.8 Å². The zero-order valence-corrected chi connectivity index (χ0v) is 14.3. The van der Waals surface area contributed by atoms with E-state index in [-0.39, 0.29) is 17.7 Å². The number of nitrogens with one attached hydrogen (secondary N) is 1. The van der Waals surface area contributed by atoms with Crippen LogP contribution < -0.4 is 5.32 Å². The predicted octanol–water partition coefficient (Wildman–Crippen LogP) is 1.45. The van der Waals surface area contributed by atoms with Crippen LogP contribution in [-0.2, 0) is 4.79 Å². The van der Waals surface area contributed by atoms with Gasteiger partial charge in [-0.25, -0.2) is 0 Å². The molecule has 0 unspecified atom stereocenters. The van der Waals surface area contributed by atoms with Crippen LogP contribution in [0.1, 0.15) is 49.3 Å². The van der Waals surface area contributed by atoms with Crippen LogP contribution in [0.15, 0.2) is 18.3 Å². The first-order valence-electron chi connectivity index (χ1n) is 8.34. The summed E-state index contributed by atoms with van der Waals surface area (Å²) in [5, 5.41) is 11.4. The Labute approximate surface area is 141 Å². The van der Waals surface area contributed by atoms with Gasteiger partial charge in [0.05, 0.1) is 5.56 Å². The lowest BCUT2D eigenvalue weighted by Crippen LogP contribution is -2.27. The molecule has 0 bridgehead atoms. The molecule has 0 radical (unpaired) electrons. The SMILES string of the molecule is CC(=O)N1CC[C@H](c2nnc3ccc(C(=O)NCC(C)C)cn23)C1. The summed E-state index contributed by atoms with van der Waals surface area (Å²) in [4.78, 5) is 25.6. The topological polar surface area (TPSA) is 79.6 Å². The van der Waals surface area contributed by atoms with Gasteiger partial charge in [-0.2, -0.15) is 0 Å². The minimum Gasteiger partial charge on any atom is -0.352 e. The highest BCUT2D eigenvalue weighted by atomic mass is 16.2. The molecule has 2 amide bonds. The molecule has 0 saturated carbocycles. The molecule has 7 heteroatoms. The standard InChI is InChI=1S/C17H23N5O2/c1-11(2)8-18-17(24)14-4-5-15-19-20-16(22(15)10-14)13-6-7-21(9-13)12(3)23/h4-5,10-11,13H,6-9H2,1-3H3,(H,18,24)/t13-/m0/s1. The third-order valence-electron chi connectivity index (χ3n) is 4.36. The summed E-state index contributed by atoms with van der Waals surface area (Å²) in [5.41, 5.74) is 1.30. The number of rotatable bonds is 4. The minimum absolute atomic E-state index is 0.0834. The van der Waals surface area contributed by atoms with Crippen molar-refractivity contribution in [2.24, 2.45) is 5.92 Å². The molecule has 1 N–H and O–H groups in total. The molecular weight excluding hydrogens is 306 g/mol. The molecule has 1 aliphatic rings. The van der Waals surface area contributed by atoms with Crippen molar-refractivity contribution in [1.82, 2.24) is 24.8 Å². The van der Waals surface area contributed by atoms with Crippen LogP contribution in [0.2, 0.25) is 0 Å². The van der Waals surface area contributed by atoms with Gasteiger partial charge in [0.25, 0.3) is 5.91 Å². The van der Waals surface area contributed by atoms with Gasteiger partial charge >= 0.3 is 0 Å². The van der Waals surface area contributed by atoms with E-state index < -0.39 is 0 Å². The van der Waals surface area contributed by atoms with Gasteiger partial charge in [0, 0.05) is 38.7 Å². The van der Waals surface area contributed by atoms with E-state index in [4.69, 9.17) is 0 Å². The van der Waals surface area contributed by atoms with Gasteiger partial charge in [-0.3, -0.25) is 14.0 Å². The lowest BCUT2D eigenvalue weighted by Gasteiger charge is -2.13. The van der Waals surface area contributed by atoms with Crippen LogP contribution in [-0.4, -0.2) is 50.9 Å². The summed E-state index contributed by atoms with van der Waals surface area (Å²) in [5.74, 6) is 1.35. The summed E-state index contributed by atoms with van der Waals surface area (Å²) in [6, 6.07) is 3.57. The van der Waals surface area contributed by atoms with Crippen LogP contribution in [0, 0.1) is 5.92 Å². The fourth-order valence-corrected chi connectivity index (χ4v) is 2.98. The Morgan fingerprint density at radius 3 is 2.79 bits per heavy atom. The molecule has 2 aromatic heterocycles. The quantitative estimate of drug-likeness (QED) is 0.921. The Morgan fingerprint density at radius 1 is 1.33 bits per heavy atom. The smallest absolute Gasteiger partial charge is 0.252 e. The Balaban J connectivity index is 1.84. The first kappa shape index (κ1) is 16.4. The van der Waals surface area contributed by atoms with E-state index >= 15 is 0 Å². The van der Waals surface area contributed by atoms with Crippen molar-refractivity contribution in [2.45, 2.75) is 33.1 Å². The first-order valence-corrected chi connectivity index (χ1v) is 8.34. The van der Waals surface area contributed by atoms with Gasteiger partial charge in [-0.15, -0.1) is 10.2 Å². The van der Waals surface area contributed by atoms with E-state index in [2.05, 4.69) is 29.4 Å². The number of likely N-dealkylation sites (tertiary alicyclic amines) is 1. The molecule has 7 nitrogen and oxygen atoms in total. The molecule has 1 fully saturated rings. The van der Waals surface area contributed by atoms with E-state index in [1.165, 1.54) is 0 Å². The maximum absolute atomic E-state index is 12.3. The predicted molar refractivity (Wildman–Crippen MR) is 89.8 cm³/mol. The second kappa shape index (κ2) is 6.59. The van der Waals surface area contributed by atoms with Crippen LogP contribution >= 0.6 is 0 Å². The van der Waals surface area contributed by atoms with Crippen LogP contribution in [0.3, 0.4) is 0 Å². The highest BCUT2D eigenvalue weighted by molar-refractivity contribution is 5.94. The van der Waals surface area contributed by atoms with E-state index in [0.717, 1.165) is 18.8 Å². The molecule has 0 aromatic carbocycles. The lowest BCUT2D eigenvalue weighted by atomic mass is 10.1. The largest absolute Gasteiger partial charge is 0.352 e. The fourth-order valence-electron chi connectivity index (χ4n) is 2.98. The fraction of sp³-hybridized carbons (Fsp3) is 0.529. The van der Waals surface area contributed by atoms with Gasteiger partial charge < -0.3 is 10.2 Å². The third kappa shape index (κ3) is 3.25. The van der Waals surface area contributed by atoms with Crippen molar-refractivity contribution in [2.75, 3.05) is 19.6 Å². The maximum Gasteiger partial charge on any atom is 0.252 e. The molecule has 0 aliphatic carbocycles. The Bertz CT molecular complexity index is 767. The molecular formula is C17H23N5O2. The normalized spacial score (nSPS) is 17.7. The van der Waals surface area contributed by atoms with E-state index in [1.807, 2.05) is 9.30 Å². The summed E-state index contributed by atoms with van der Waals surface area (Å²) in [6.07, 6.45) is 2.65. The number of carbonyl (C=O) groups is 2. The zero-order valence-electron chi connectivity index (χ0n) is 14.3. The molecule has 2 aromatic rings. The maximum atomic E-state index is 12.3. The third-order valence-corrected chi connectivity index (χ3v) is 4.36. The number of pyridine rings is 1. The number of hydrogen-bond donors (Lipinski definition) is 1. The van der Waals surface area contributed by atoms with Gasteiger partial charge in [-0.05, 0) is 24.5 Å². The molecule has 3 rings (SSSR count). The average Bonchev–Trinajstić information content (AvgIpc) is 3.18. The van der Waals surface area contributed by atoms with Gasteiger partial charge in [0.1, 0.15) is 5.82 Å².